The number of rotatable bonds is 3. The van der Waals surface area contributed by atoms with Gasteiger partial charge in [-0.25, -0.2) is 0 Å². The summed E-state index contributed by atoms with van der Waals surface area (Å²) in [6.45, 7) is 3.36. The maximum absolute atomic E-state index is 12.5. The number of amides is 1. The Bertz CT molecular complexity index is 624. The Labute approximate surface area is 125 Å². The summed E-state index contributed by atoms with van der Waals surface area (Å²) >= 11 is 0. The van der Waals surface area contributed by atoms with E-state index in [2.05, 4.69) is 23.5 Å². The highest BCUT2D eigenvalue weighted by molar-refractivity contribution is 5.86. The second-order valence-electron chi connectivity index (χ2n) is 5.52. The lowest BCUT2D eigenvalue weighted by Crippen LogP contribution is -2.39. The van der Waals surface area contributed by atoms with Gasteiger partial charge in [0.15, 0.2) is 0 Å². The van der Waals surface area contributed by atoms with E-state index in [-0.39, 0.29) is 11.9 Å². The number of anilines is 1. The number of nitrogens with zero attached hydrogens (tertiary/aromatic N) is 1. The number of hydrogen-bond acceptors (Lipinski definition) is 2. The zero-order valence-electron chi connectivity index (χ0n) is 12.3. The van der Waals surface area contributed by atoms with Crippen molar-refractivity contribution in [2.45, 2.75) is 25.9 Å². The summed E-state index contributed by atoms with van der Waals surface area (Å²) in [7, 11) is 0. The van der Waals surface area contributed by atoms with E-state index < -0.39 is 0 Å². The molecule has 1 atom stereocenters. The summed E-state index contributed by atoms with van der Waals surface area (Å²) in [5.74, 6) is 0.169. The number of para-hydroxylation sites is 1. The molecule has 1 unspecified atom stereocenters. The van der Waals surface area contributed by atoms with Crippen LogP contribution in [0, 0.1) is 0 Å². The van der Waals surface area contributed by atoms with Gasteiger partial charge in [0.2, 0.25) is 5.91 Å². The van der Waals surface area contributed by atoms with Gasteiger partial charge < -0.3 is 10.2 Å². The third kappa shape index (κ3) is 3.07. The molecule has 1 aliphatic rings. The Morgan fingerprint density at radius 1 is 1.10 bits per heavy atom. The molecule has 1 heterocycles. The largest absolute Gasteiger partial charge is 0.374 e. The summed E-state index contributed by atoms with van der Waals surface area (Å²) in [5, 5.41) is 3.31. The summed E-state index contributed by atoms with van der Waals surface area (Å²) in [4.78, 5) is 14.5. The van der Waals surface area contributed by atoms with Gasteiger partial charge in [0.1, 0.15) is 6.04 Å². The van der Waals surface area contributed by atoms with Gasteiger partial charge >= 0.3 is 0 Å². The van der Waals surface area contributed by atoms with Gasteiger partial charge in [-0.1, -0.05) is 48.5 Å². The molecule has 3 heteroatoms. The molecule has 0 aromatic heterocycles. The van der Waals surface area contributed by atoms with E-state index in [0.29, 0.717) is 6.54 Å². The maximum Gasteiger partial charge on any atom is 0.245 e. The fourth-order valence-corrected chi connectivity index (χ4v) is 2.75. The molecule has 0 spiro atoms. The first kappa shape index (κ1) is 13.7. The molecule has 2 aromatic rings. The van der Waals surface area contributed by atoms with E-state index in [1.54, 1.807) is 0 Å². The van der Waals surface area contributed by atoms with Crippen molar-refractivity contribution < 1.29 is 4.79 Å². The van der Waals surface area contributed by atoms with Gasteiger partial charge in [0.25, 0.3) is 0 Å². The van der Waals surface area contributed by atoms with Crippen LogP contribution in [-0.4, -0.2) is 23.4 Å². The Kier molecular flexibility index (Phi) is 3.91. The van der Waals surface area contributed by atoms with Crippen LogP contribution in [0.5, 0.6) is 0 Å². The Hall–Kier alpha value is -2.29. The minimum Gasteiger partial charge on any atom is -0.374 e. The van der Waals surface area contributed by atoms with Crippen LogP contribution in [0.2, 0.25) is 0 Å². The van der Waals surface area contributed by atoms with Gasteiger partial charge in [-0.05, 0) is 30.5 Å². The molecule has 0 bridgehead atoms. The Morgan fingerprint density at radius 2 is 1.81 bits per heavy atom. The Morgan fingerprint density at radius 3 is 2.62 bits per heavy atom. The average molecular weight is 280 g/mol. The third-order valence-electron chi connectivity index (χ3n) is 3.95. The van der Waals surface area contributed by atoms with Gasteiger partial charge in [-0.2, -0.15) is 0 Å². The van der Waals surface area contributed by atoms with Crippen LogP contribution in [-0.2, 0) is 17.8 Å². The van der Waals surface area contributed by atoms with Crippen LogP contribution in [0.4, 0.5) is 5.69 Å². The smallest absolute Gasteiger partial charge is 0.245 e. The molecule has 1 N–H and O–H groups in total. The topological polar surface area (TPSA) is 32.3 Å². The lowest BCUT2D eigenvalue weighted by molar-refractivity contribution is -0.132. The van der Waals surface area contributed by atoms with Gasteiger partial charge in [0.05, 0.1) is 0 Å². The summed E-state index contributed by atoms with van der Waals surface area (Å²) in [5.41, 5.74) is 3.52. The van der Waals surface area contributed by atoms with Crippen LogP contribution in [0.25, 0.3) is 0 Å². The number of carbonyl (C=O) groups excluding carboxylic acids is 1. The minimum absolute atomic E-state index is 0.169. The number of benzene rings is 2. The average Bonchev–Trinajstić information content (AvgIpc) is 2.64. The van der Waals surface area contributed by atoms with E-state index >= 15 is 0 Å². The molecule has 3 rings (SSSR count). The zero-order valence-corrected chi connectivity index (χ0v) is 12.3. The van der Waals surface area contributed by atoms with E-state index in [4.69, 9.17) is 0 Å². The van der Waals surface area contributed by atoms with Crippen LogP contribution in [0.3, 0.4) is 0 Å². The monoisotopic (exact) mass is 280 g/mol. The van der Waals surface area contributed by atoms with Crippen molar-refractivity contribution in [1.82, 2.24) is 4.90 Å². The van der Waals surface area contributed by atoms with Gasteiger partial charge in [-0.3, -0.25) is 4.79 Å². The van der Waals surface area contributed by atoms with E-state index in [1.165, 1.54) is 11.1 Å². The van der Waals surface area contributed by atoms with Crippen LogP contribution >= 0.6 is 0 Å². The number of nitrogens with one attached hydrogen (secondary N) is 1. The quantitative estimate of drug-likeness (QED) is 0.937. The van der Waals surface area contributed by atoms with Crippen LogP contribution in [0.1, 0.15) is 18.1 Å². The number of hydrogen-bond donors (Lipinski definition) is 1. The molecule has 3 nitrogen and oxygen atoms in total. The predicted octanol–water partition coefficient (Wildman–Crippen LogP) is 3.07. The molecule has 108 valence electrons. The number of carbonyl (C=O) groups is 1. The molecule has 2 aromatic carbocycles. The van der Waals surface area contributed by atoms with Crippen molar-refractivity contribution in [3.05, 3.63) is 65.7 Å². The lowest BCUT2D eigenvalue weighted by Gasteiger charge is -2.22. The highest BCUT2D eigenvalue weighted by Gasteiger charge is 2.25. The van der Waals surface area contributed by atoms with Crippen LogP contribution < -0.4 is 5.32 Å². The standard InChI is InChI=1S/C18H20N2O/c1-14-18(21)20(12-11-15-7-3-2-4-8-15)13-16-9-5-6-10-17(16)19-14/h2-10,14,19H,11-13H2,1H3. The van der Waals surface area contributed by atoms with E-state index in [1.807, 2.05) is 48.2 Å². The van der Waals surface area contributed by atoms with Crippen LogP contribution in [0.15, 0.2) is 54.6 Å². The first-order valence-corrected chi connectivity index (χ1v) is 7.41. The molecular weight excluding hydrogens is 260 g/mol. The van der Waals surface area contributed by atoms with Crippen molar-refractivity contribution in [2.75, 3.05) is 11.9 Å². The molecule has 0 saturated carbocycles. The minimum atomic E-state index is -0.176. The van der Waals surface area contributed by atoms with E-state index in [0.717, 1.165) is 18.7 Å². The molecule has 1 amide bonds. The van der Waals surface area contributed by atoms with Crippen molar-refractivity contribution in [1.29, 1.82) is 0 Å². The molecule has 21 heavy (non-hydrogen) atoms. The maximum atomic E-state index is 12.5. The fraction of sp³-hybridized carbons (Fsp3) is 0.278. The van der Waals surface area contributed by atoms with Crippen molar-refractivity contribution in [3.63, 3.8) is 0 Å². The third-order valence-corrected chi connectivity index (χ3v) is 3.95. The second-order valence-corrected chi connectivity index (χ2v) is 5.52. The van der Waals surface area contributed by atoms with Crippen molar-refractivity contribution in [2.24, 2.45) is 0 Å². The number of fused-ring (bicyclic) bond motifs is 1. The highest BCUT2D eigenvalue weighted by Crippen LogP contribution is 2.22. The van der Waals surface area contributed by atoms with Crippen molar-refractivity contribution in [3.8, 4) is 0 Å². The lowest BCUT2D eigenvalue weighted by atomic mass is 10.1. The SMILES string of the molecule is CC1Nc2ccccc2CN(CCc2ccccc2)C1=O. The molecule has 1 aliphatic heterocycles. The molecule has 0 saturated heterocycles. The summed E-state index contributed by atoms with van der Waals surface area (Å²) in [6, 6.07) is 18.3. The highest BCUT2D eigenvalue weighted by atomic mass is 16.2. The second kappa shape index (κ2) is 6.00. The van der Waals surface area contributed by atoms with Gasteiger partial charge in [0, 0.05) is 18.8 Å². The Balaban J connectivity index is 1.76. The molecule has 0 radical (unpaired) electrons. The first-order valence-electron chi connectivity index (χ1n) is 7.41. The molecule has 0 aliphatic carbocycles. The van der Waals surface area contributed by atoms with E-state index in [9.17, 15) is 4.79 Å². The normalized spacial score (nSPS) is 17.9. The zero-order chi connectivity index (χ0) is 14.7. The summed E-state index contributed by atoms with van der Waals surface area (Å²) < 4.78 is 0. The summed E-state index contributed by atoms with van der Waals surface area (Å²) in [6.07, 6.45) is 0.890. The van der Waals surface area contributed by atoms with Crippen molar-refractivity contribution >= 4 is 11.6 Å². The fourth-order valence-electron chi connectivity index (χ4n) is 2.75. The first-order chi connectivity index (χ1) is 10.2. The predicted molar refractivity (Wildman–Crippen MR) is 85.1 cm³/mol. The van der Waals surface area contributed by atoms with Gasteiger partial charge in [-0.15, -0.1) is 0 Å². The molecule has 0 fully saturated rings. The molecular formula is C18H20N2O.